The van der Waals surface area contributed by atoms with Crippen LogP contribution in [-0.2, 0) is 11.2 Å². The highest BCUT2D eigenvalue weighted by Crippen LogP contribution is 2.33. The fourth-order valence-electron chi connectivity index (χ4n) is 1.77. The lowest BCUT2D eigenvalue weighted by Gasteiger charge is -2.14. The lowest BCUT2D eigenvalue weighted by atomic mass is 9.98. The number of aliphatic carboxylic acids is 1. The number of methoxy groups -OCH3 is 1. The van der Waals surface area contributed by atoms with E-state index in [4.69, 9.17) is 21.4 Å². The number of carbonyl (C=O) groups is 1. The molecule has 0 aliphatic heterocycles. The molecule has 0 bridgehead atoms. The summed E-state index contributed by atoms with van der Waals surface area (Å²) in [6.07, 6.45) is 1.40. The van der Waals surface area contributed by atoms with Crippen LogP contribution in [0, 0.1) is 0 Å². The van der Waals surface area contributed by atoms with Crippen LogP contribution < -0.4 is 4.74 Å². The number of ether oxygens (including phenoxy) is 1. The molecule has 100 valence electrons. The lowest BCUT2D eigenvalue weighted by molar-refractivity contribution is -0.137. The first-order valence-corrected chi connectivity index (χ1v) is 6.41. The predicted molar refractivity (Wildman–Crippen MR) is 72.7 cm³/mol. The quantitative estimate of drug-likeness (QED) is 0.853. The van der Waals surface area contributed by atoms with Crippen LogP contribution in [0.25, 0.3) is 0 Å². The Morgan fingerprint density at radius 2 is 2.11 bits per heavy atom. The number of carboxylic acid groups (broad SMARTS) is 1. The van der Waals surface area contributed by atoms with Crippen LogP contribution in [0.15, 0.2) is 12.1 Å². The van der Waals surface area contributed by atoms with E-state index >= 15 is 0 Å². The Balaban J connectivity index is 2.94. The van der Waals surface area contributed by atoms with Gasteiger partial charge in [-0.2, -0.15) is 0 Å². The average molecular weight is 271 g/mol. The van der Waals surface area contributed by atoms with Crippen molar-refractivity contribution in [2.24, 2.45) is 0 Å². The van der Waals surface area contributed by atoms with E-state index in [1.54, 1.807) is 7.11 Å². The zero-order chi connectivity index (χ0) is 13.7. The molecule has 0 unspecified atom stereocenters. The van der Waals surface area contributed by atoms with Crippen LogP contribution >= 0.6 is 11.6 Å². The Hall–Kier alpha value is -1.22. The van der Waals surface area contributed by atoms with Crippen molar-refractivity contribution >= 4 is 17.6 Å². The van der Waals surface area contributed by atoms with Crippen molar-refractivity contribution in [3.63, 3.8) is 0 Å². The summed E-state index contributed by atoms with van der Waals surface area (Å²) < 4.78 is 5.26. The van der Waals surface area contributed by atoms with Gasteiger partial charge in [-0.1, -0.05) is 31.5 Å². The number of carboxylic acids is 1. The molecule has 0 radical (unpaired) electrons. The summed E-state index contributed by atoms with van der Waals surface area (Å²) in [6, 6.07) is 3.98. The van der Waals surface area contributed by atoms with Gasteiger partial charge >= 0.3 is 5.97 Å². The van der Waals surface area contributed by atoms with E-state index in [-0.39, 0.29) is 6.42 Å². The zero-order valence-corrected chi connectivity index (χ0v) is 11.8. The van der Waals surface area contributed by atoms with Gasteiger partial charge in [0.05, 0.1) is 12.1 Å². The monoisotopic (exact) mass is 270 g/mol. The van der Waals surface area contributed by atoms with Crippen molar-refractivity contribution in [2.75, 3.05) is 7.11 Å². The summed E-state index contributed by atoms with van der Waals surface area (Å²) in [5.41, 5.74) is 2.11. The number of aryl methyl sites for hydroxylation is 1. The molecule has 1 aromatic carbocycles. The van der Waals surface area contributed by atoms with E-state index in [0.717, 1.165) is 11.1 Å². The number of hydrogen-bond acceptors (Lipinski definition) is 2. The van der Waals surface area contributed by atoms with Gasteiger partial charge in [-0.3, -0.25) is 4.79 Å². The molecule has 1 aromatic rings. The largest absolute Gasteiger partial charge is 0.495 e. The molecule has 3 nitrogen and oxygen atoms in total. The molecule has 0 spiro atoms. The second-order valence-corrected chi connectivity index (χ2v) is 4.98. The van der Waals surface area contributed by atoms with Crippen molar-refractivity contribution in [3.8, 4) is 5.75 Å². The molecule has 0 saturated heterocycles. The van der Waals surface area contributed by atoms with Crippen LogP contribution in [0.4, 0.5) is 0 Å². The lowest BCUT2D eigenvalue weighted by Crippen LogP contribution is -1.99. The average Bonchev–Trinajstić information content (AvgIpc) is 2.30. The second kappa shape index (κ2) is 6.64. The summed E-state index contributed by atoms with van der Waals surface area (Å²) in [7, 11) is 1.59. The van der Waals surface area contributed by atoms with Gasteiger partial charge < -0.3 is 9.84 Å². The first kappa shape index (κ1) is 14.8. The van der Waals surface area contributed by atoms with Gasteiger partial charge in [0.25, 0.3) is 0 Å². The maximum Gasteiger partial charge on any atom is 0.303 e. The third kappa shape index (κ3) is 3.91. The van der Waals surface area contributed by atoms with E-state index in [2.05, 4.69) is 13.8 Å². The smallest absolute Gasteiger partial charge is 0.303 e. The summed E-state index contributed by atoms with van der Waals surface area (Å²) in [4.78, 5) is 10.5. The van der Waals surface area contributed by atoms with Gasteiger partial charge in [0, 0.05) is 6.42 Å². The molecule has 0 saturated carbocycles. The molecular formula is C14H19ClO3. The molecule has 0 aromatic heterocycles. The topological polar surface area (TPSA) is 46.5 Å². The normalized spacial score (nSPS) is 10.7. The minimum atomic E-state index is -0.780. The van der Waals surface area contributed by atoms with E-state index < -0.39 is 5.97 Å². The molecule has 1 rings (SSSR count). The number of halogens is 1. The minimum absolute atomic E-state index is 0.157. The summed E-state index contributed by atoms with van der Waals surface area (Å²) in [6.45, 7) is 4.20. The van der Waals surface area contributed by atoms with Crippen LogP contribution in [0.5, 0.6) is 5.75 Å². The predicted octanol–water partition coefficient (Wildman–Crippen LogP) is 3.88. The van der Waals surface area contributed by atoms with E-state index in [9.17, 15) is 4.79 Å². The van der Waals surface area contributed by atoms with Crippen molar-refractivity contribution in [1.29, 1.82) is 0 Å². The van der Waals surface area contributed by atoms with Crippen molar-refractivity contribution in [3.05, 3.63) is 28.3 Å². The van der Waals surface area contributed by atoms with Crippen LogP contribution in [-0.4, -0.2) is 18.2 Å². The molecule has 1 N–H and O–H groups in total. The summed E-state index contributed by atoms with van der Waals surface area (Å²) in [5.74, 6) is 0.265. The summed E-state index contributed by atoms with van der Waals surface area (Å²) in [5, 5.41) is 9.24. The Kier molecular flexibility index (Phi) is 5.48. The van der Waals surface area contributed by atoms with Gasteiger partial charge in [0.2, 0.25) is 0 Å². The van der Waals surface area contributed by atoms with E-state index in [0.29, 0.717) is 29.5 Å². The Morgan fingerprint density at radius 1 is 1.44 bits per heavy atom. The van der Waals surface area contributed by atoms with Crippen molar-refractivity contribution < 1.29 is 14.6 Å². The summed E-state index contributed by atoms with van der Waals surface area (Å²) >= 11 is 6.23. The molecule has 0 aliphatic rings. The molecular weight excluding hydrogens is 252 g/mol. The maximum absolute atomic E-state index is 10.5. The number of hydrogen-bond donors (Lipinski definition) is 1. The third-order valence-electron chi connectivity index (χ3n) is 2.86. The highest BCUT2D eigenvalue weighted by Gasteiger charge is 2.12. The molecule has 0 amide bonds. The minimum Gasteiger partial charge on any atom is -0.495 e. The Bertz CT molecular complexity index is 427. The zero-order valence-electron chi connectivity index (χ0n) is 11.0. The van der Waals surface area contributed by atoms with Gasteiger partial charge in [-0.05, 0) is 36.0 Å². The highest BCUT2D eigenvalue weighted by atomic mass is 35.5. The first-order chi connectivity index (χ1) is 8.45. The van der Waals surface area contributed by atoms with Crippen molar-refractivity contribution in [2.45, 2.75) is 39.0 Å². The molecule has 4 heteroatoms. The van der Waals surface area contributed by atoms with E-state index in [1.807, 2.05) is 12.1 Å². The Morgan fingerprint density at radius 3 is 2.61 bits per heavy atom. The second-order valence-electron chi connectivity index (χ2n) is 4.60. The molecule has 18 heavy (non-hydrogen) atoms. The van der Waals surface area contributed by atoms with Gasteiger partial charge in [-0.15, -0.1) is 0 Å². The van der Waals surface area contributed by atoms with E-state index in [1.165, 1.54) is 0 Å². The van der Waals surface area contributed by atoms with Gasteiger partial charge in [-0.25, -0.2) is 0 Å². The Labute approximate surface area is 113 Å². The molecule has 0 aliphatic carbocycles. The highest BCUT2D eigenvalue weighted by molar-refractivity contribution is 6.32. The van der Waals surface area contributed by atoms with Gasteiger partial charge in [0.1, 0.15) is 5.75 Å². The molecule has 0 fully saturated rings. The number of rotatable bonds is 6. The van der Waals surface area contributed by atoms with Crippen LogP contribution in [0.1, 0.15) is 43.7 Å². The van der Waals surface area contributed by atoms with Crippen molar-refractivity contribution in [1.82, 2.24) is 0 Å². The fraction of sp³-hybridized carbons (Fsp3) is 0.500. The SMILES string of the molecule is COc1cc(C(C)C)cc(CCCC(=O)O)c1Cl. The van der Waals surface area contributed by atoms with Crippen LogP contribution in [0.3, 0.4) is 0 Å². The van der Waals surface area contributed by atoms with Gasteiger partial charge in [0.15, 0.2) is 0 Å². The van der Waals surface area contributed by atoms with Crippen LogP contribution in [0.2, 0.25) is 5.02 Å². The molecule has 0 atom stereocenters. The molecule has 0 heterocycles. The number of benzene rings is 1. The first-order valence-electron chi connectivity index (χ1n) is 6.03. The third-order valence-corrected chi connectivity index (χ3v) is 3.29. The standard InChI is InChI=1S/C14H19ClO3/c1-9(2)11-7-10(5-4-6-13(16)17)14(15)12(8-11)18-3/h7-9H,4-6H2,1-3H3,(H,16,17). The maximum atomic E-state index is 10.5. The fourth-order valence-corrected chi connectivity index (χ4v) is 2.05.